The van der Waals surface area contributed by atoms with Crippen LogP contribution in [-0.2, 0) is 0 Å². The van der Waals surface area contributed by atoms with Crippen LogP contribution in [0.2, 0.25) is 0 Å². The van der Waals surface area contributed by atoms with E-state index in [0.29, 0.717) is 5.13 Å². The van der Waals surface area contributed by atoms with Crippen LogP contribution in [0.1, 0.15) is 11.1 Å². The Hall–Kier alpha value is -3.84. The fourth-order valence-electron chi connectivity index (χ4n) is 2.80. The van der Waals surface area contributed by atoms with Gasteiger partial charge in [-0.25, -0.2) is 4.98 Å². The van der Waals surface area contributed by atoms with Crippen molar-refractivity contribution in [1.82, 2.24) is 4.98 Å². The zero-order valence-electron chi connectivity index (χ0n) is 15.2. The number of rotatable bonds is 6. The van der Waals surface area contributed by atoms with Crippen LogP contribution in [0.4, 0.5) is 10.8 Å². The number of hydrazone groups is 1. The standard InChI is InChI=1S/C22H16N4O2S/c27-26(28)19-13-11-16(12-14-19)20-15-29-22(23-20)25-24-21(17-7-3-1-4-8-17)18-9-5-2-6-10-18/h1-15H,(H,23,25). The highest BCUT2D eigenvalue weighted by molar-refractivity contribution is 7.14. The molecule has 29 heavy (non-hydrogen) atoms. The molecule has 0 saturated carbocycles. The first-order valence-corrected chi connectivity index (χ1v) is 9.73. The normalized spacial score (nSPS) is 10.3. The Bertz CT molecular complexity index is 1100. The van der Waals surface area contributed by atoms with Crippen LogP contribution < -0.4 is 5.43 Å². The molecule has 4 rings (SSSR count). The molecule has 0 aliphatic rings. The van der Waals surface area contributed by atoms with Crippen molar-refractivity contribution in [2.45, 2.75) is 0 Å². The van der Waals surface area contributed by atoms with Gasteiger partial charge in [0.15, 0.2) is 0 Å². The quantitative estimate of drug-likeness (QED) is 0.260. The summed E-state index contributed by atoms with van der Waals surface area (Å²) in [6.07, 6.45) is 0. The molecule has 3 aromatic carbocycles. The molecule has 0 aliphatic carbocycles. The summed E-state index contributed by atoms with van der Waals surface area (Å²) in [5.74, 6) is 0. The second-order valence-electron chi connectivity index (χ2n) is 6.15. The highest BCUT2D eigenvalue weighted by atomic mass is 32.1. The van der Waals surface area contributed by atoms with E-state index >= 15 is 0 Å². The van der Waals surface area contributed by atoms with E-state index in [1.165, 1.54) is 23.5 Å². The van der Waals surface area contributed by atoms with Gasteiger partial charge in [-0.2, -0.15) is 5.10 Å². The van der Waals surface area contributed by atoms with Crippen LogP contribution in [0.5, 0.6) is 0 Å². The Balaban J connectivity index is 1.59. The molecule has 0 spiro atoms. The molecule has 142 valence electrons. The molecule has 0 saturated heterocycles. The summed E-state index contributed by atoms with van der Waals surface area (Å²) in [4.78, 5) is 14.9. The van der Waals surface area contributed by atoms with Gasteiger partial charge in [0.25, 0.3) is 5.69 Å². The Kier molecular flexibility index (Phi) is 5.40. The largest absolute Gasteiger partial charge is 0.269 e. The molecule has 0 atom stereocenters. The minimum absolute atomic E-state index is 0.0577. The highest BCUT2D eigenvalue weighted by Gasteiger charge is 2.10. The first kappa shape index (κ1) is 18.5. The molecule has 6 nitrogen and oxygen atoms in total. The molecular weight excluding hydrogens is 384 g/mol. The summed E-state index contributed by atoms with van der Waals surface area (Å²) in [6, 6.07) is 26.2. The molecular formula is C22H16N4O2S. The smallest absolute Gasteiger partial charge is 0.258 e. The summed E-state index contributed by atoms with van der Waals surface area (Å²) >= 11 is 1.42. The zero-order chi connectivity index (χ0) is 20.1. The number of thiazole rings is 1. The van der Waals surface area contributed by atoms with Crippen molar-refractivity contribution < 1.29 is 4.92 Å². The lowest BCUT2D eigenvalue weighted by atomic mass is 10.0. The van der Waals surface area contributed by atoms with Crippen LogP contribution >= 0.6 is 11.3 Å². The molecule has 0 radical (unpaired) electrons. The summed E-state index contributed by atoms with van der Waals surface area (Å²) < 4.78 is 0. The number of hydrogen-bond donors (Lipinski definition) is 1. The van der Waals surface area contributed by atoms with Crippen molar-refractivity contribution >= 4 is 27.9 Å². The van der Waals surface area contributed by atoms with Crippen molar-refractivity contribution in [3.8, 4) is 11.3 Å². The second-order valence-corrected chi connectivity index (χ2v) is 7.00. The highest BCUT2D eigenvalue weighted by Crippen LogP contribution is 2.26. The number of nitro groups is 1. The number of benzene rings is 3. The molecule has 0 fully saturated rings. The predicted octanol–water partition coefficient (Wildman–Crippen LogP) is 5.58. The lowest BCUT2D eigenvalue weighted by Crippen LogP contribution is -2.06. The van der Waals surface area contributed by atoms with Gasteiger partial charge in [-0.05, 0) is 12.1 Å². The number of anilines is 1. The van der Waals surface area contributed by atoms with Crippen molar-refractivity contribution in [3.05, 3.63) is 112 Å². The fraction of sp³-hybridized carbons (Fsp3) is 0. The van der Waals surface area contributed by atoms with Crippen LogP contribution in [0.25, 0.3) is 11.3 Å². The molecule has 1 aromatic heterocycles. The van der Waals surface area contributed by atoms with Crippen molar-refractivity contribution in [2.75, 3.05) is 5.43 Å². The number of nitro benzene ring substituents is 1. The Morgan fingerprint density at radius 1 is 0.897 bits per heavy atom. The maximum atomic E-state index is 10.8. The van der Waals surface area contributed by atoms with E-state index in [1.807, 2.05) is 66.0 Å². The SMILES string of the molecule is O=[N+]([O-])c1ccc(-c2csc(NN=C(c3ccccc3)c3ccccc3)n2)cc1. The summed E-state index contributed by atoms with van der Waals surface area (Å²) in [5, 5.41) is 17.9. The fourth-order valence-corrected chi connectivity index (χ4v) is 3.46. The van der Waals surface area contributed by atoms with Crippen LogP contribution in [0, 0.1) is 10.1 Å². The van der Waals surface area contributed by atoms with Crippen molar-refractivity contribution in [2.24, 2.45) is 5.10 Å². The lowest BCUT2D eigenvalue weighted by molar-refractivity contribution is -0.384. The third kappa shape index (κ3) is 4.36. The third-order valence-electron chi connectivity index (χ3n) is 4.24. The van der Waals surface area contributed by atoms with E-state index < -0.39 is 4.92 Å². The Morgan fingerprint density at radius 2 is 1.48 bits per heavy atom. The molecule has 0 amide bonds. The molecule has 1 heterocycles. The lowest BCUT2D eigenvalue weighted by Gasteiger charge is -2.07. The van der Waals surface area contributed by atoms with Gasteiger partial charge in [0.05, 0.1) is 16.3 Å². The minimum atomic E-state index is -0.415. The predicted molar refractivity (Wildman–Crippen MR) is 116 cm³/mol. The van der Waals surface area contributed by atoms with Gasteiger partial charge < -0.3 is 0 Å². The van der Waals surface area contributed by atoms with Gasteiger partial charge in [0.2, 0.25) is 5.13 Å². The van der Waals surface area contributed by atoms with Crippen molar-refractivity contribution in [3.63, 3.8) is 0 Å². The number of aromatic nitrogens is 1. The minimum Gasteiger partial charge on any atom is -0.258 e. The summed E-state index contributed by atoms with van der Waals surface area (Å²) in [5.41, 5.74) is 7.48. The van der Waals surface area contributed by atoms with Crippen molar-refractivity contribution in [1.29, 1.82) is 0 Å². The maximum absolute atomic E-state index is 10.8. The van der Waals surface area contributed by atoms with E-state index in [9.17, 15) is 10.1 Å². The molecule has 0 aliphatic heterocycles. The van der Waals surface area contributed by atoms with E-state index in [1.54, 1.807) is 12.1 Å². The second kappa shape index (κ2) is 8.45. The van der Waals surface area contributed by atoms with Gasteiger partial charge in [-0.1, -0.05) is 60.7 Å². The van der Waals surface area contributed by atoms with Crippen LogP contribution in [0.15, 0.2) is 95.4 Å². The summed E-state index contributed by atoms with van der Waals surface area (Å²) in [7, 11) is 0. The van der Waals surface area contributed by atoms with E-state index in [-0.39, 0.29) is 5.69 Å². The number of non-ortho nitro benzene ring substituents is 1. The zero-order valence-corrected chi connectivity index (χ0v) is 16.0. The van der Waals surface area contributed by atoms with Crippen LogP contribution in [0.3, 0.4) is 0 Å². The van der Waals surface area contributed by atoms with E-state index in [0.717, 1.165) is 28.1 Å². The van der Waals surface area contributed by atoms with E-state index in [4.69, 9.17) is 0 Å². The monoisotopic (exact) mass is 400 g/mol. The molecule has 1 N–H and O–H groups in total. The Morgan fingerprint density at radius 3 is 2.03 bits per heavy atom. The topological polar surface area (TPSA) is 80.4 Å². The molecule has 7 heteroatoms. The number of nitrogens with zero attached hydrogens (tertiary/aromatic N) is 3. The molecule has 0 bridgehead atoms. The molecule has 4 aromatic rings. The number of nitrogens with one attached hydrogen (secondary N) is 1. The van der Waals surface area contributed by atoms with E-state index in [2.05, 4.69) is 15.5 Å². The van der Waals surface area contributed by atoms with Gasteiger partial charge in [-0.15, -0.1) is 11.3 Å². The van der Waals surface area contributed by atoms with Gasteiger partial charge >= 0.3 is 0 Å². The average Bonchev–Trinajstić information content (AvgIpc) is 3.24. The van der Waals surface area contributed by atoms with Gasteiger partial charge in [-0.3, -0.25) is 15.5 Å². The molecule has 0 unspecified atom stereocenters. The van der Waals surface area contributed by atoms with Crippen LogP contribution in [-0.4, -0.2) is 15.6 Å². The van der Waals surface area contributed by atoms with Gasteiger partial charge in [0.1, 0.15) is 0 Å². The van der Waals surface area contributed by atoms with Gasteiger partial charge in [0, 0.05) is 34.2 Å². The third-order valence-corrected chi connectivity index (χ3v) is 4.98. The number of hydrogen-bond acceptors (Lipinski definition) is 6. The maximum Gasteiger partial charge on any atom is 0.269 e. The Labute approximate surface area is 171 Å². The summed E-state index contributed by atoms with van der Waals surface area (Å²) in [6.45, 7) is 0. The first-order valence-electron chi connectivity index (χ1n) is 8.85. The average molecular weight is 400 g/mol. The first-order chi connectivity index (χ1) is 14.2.